The van der Waals surface area contributed by atoms with Gasteiger partial charge in [-0.15, -0.1) is 0 Å². The standard InChI is InChI=1S/C78H152O17P2/c1-8-9-10-11-12-13-14-15-18-23-33-40-47-54-61-77(82)95-74(66-89-76(81)60-53-46-39-32-27-26-30-37-44-51-58-71(6)7)68-93-97(86,87)91-64-72(79)63-90-96(84,85)92-67-73(65-88-75(80)59-52-45-38-31-25-20-22-29-36-43-50-57-70(4)5)94-78(83)62-55-48-41-34-24-19-16-17-21-28-35-42-49-56-69(2)3/h69-74,79H,8-68H2,1-7H3,(H,84,85)(H,86,87)/t72-,73-,74-/m1/s1. The zero-order valence-electron chi connectivity index (χ0n) is 63.5. The monoisotopic (exact) mass is 1420 g/mol. The number of aliphatic hydroxyl groups excluding tert-OH is 1. The SMILES string of the molecule is CCCCCCCCCCCCCCCCC(=O)O[C@H](COC(=O)CCCCCCCCCCCCC(C)C)COP(=O)(O)OC[C@H](O)COP(=O)(O)OC[C@@H](COC(=O)CCCCCCCCCCCCCC(C)C)OC(=O)CCCCCCCCCCCCCCCC(C)C. The molecule has 97 heavy (non-hydrogen) atoms. The van der Waals surface area contributed by atoms with Crippen molar-refractivity contribution in [2.75, 3.05) is 39.6 Å². The molecule has 0 saturated heterocycles. The first-order valence-electron chi connectivity index (χ1n) is 40.3. The minimum Gasteiger partial charge on any atom is -0.462 e. The van der Waals surface area contributed by atoms with Gasteiger partial charge in [-0.1, -0.05) is 350 Å². The Kier molecular flexibility index (Phi) is 67.1. The molecule has 576 valence electrons. The summed E-state index contributed by atoms with van der Waals surface area (Å²) < 4.78 is 68.7. The topological polar surface area (TPSA) is 237 Å². The van der Waals surface area contributed by atoms with E-state index in [0.717, 1.165) is 108 Å². The Labute approximate surface area is 594 Å². The molecule has 0 rings (SSSR count). The lowest BCUT2D eigenvalue weighted by atomic mass is 10.0. The molecule has 0 amide bonds. The van der Waals surface area contributed by atoms with Gasteiger partial charge in [0.1, 0.15) is 19.3 Å². The first-order chi connectivity index (χ1) is 46.7. The number of carbonyl (C=O) groups is 4. The van der Waals surface area contributed by atoms with Crippen molar-refractivity contribution in [3.63, 3.8) is 0 Å². The fraction of sp³-hybridized carbons (Fsp3) is 0.949. The molecule has 0 spiro atoms. The minimum atomic E-state index is -4.96. The predicted molar refractivity (Wildman–Crippen MR) is 395 cm³/mol. The van der Waals surface area contributed by atoms with Crippen LogP contribution in [0, 0.1) is 17.8 Å². The van der Waals surface area contributed by atoms with Gasteiger partial charge in [-0.2, -0.15) is 0 Å². The van der Waals surface area contributed by atoms with Crippen LogP contribution in [-0.4, -0.2) is 96.7 Å². The van der Waals surface area contributed by atoms with Crippen LogP contribution in [0.4, 0.5) is 0 Å². The van der Waals surface area contributed by atoms with Gasteiger partial charge < -0.3 is 33.8 Å². The van der Waals surface area contributed by atoms with E-state index in [9.17, 15) is 43.2 Å². The average Bonchev–Trinajstić information content (AvgIpc) is 1.18. The van der Waals surface area contributed by atoms with E-state index < -0.39 is 97.5 Å². The Morgan fingerprint density at radius 2 is 0.474 bits per heavy atom. The van der Waals surface area contributed by atoms with E-state index in [4.69, 9.17) is 37.0 Å². The third kappa shape index (κ3) is 72.2. The quantitative estimate of drug-likeness (QED) is 0.0222. The third-order valence-corrected chi connectivity index (χ3v) is 20.0. The van der Waals surface area contributed by atoms with Gasteiger partial charge in [0.05, 0.1) is 26.4 Å². The molecule has 17 nitrogen and oxygen atoms in total. The van der Waals surface area contributed by atoms with Gasteiger partial charge in [0, 0.05) is 25.7 Å². The minimum absolute atomic E-state index is 0.107. The molecule has 0 aromatic carbocycles. The molecule has 5 atom stereocenters. The van der Waals surface area contributed by atoms with E-state index in [2.05, 4.69) is 48.5 Å². The lowest BCUT2D eigenvalue weighted by molar-refractivity contribution is -0.161. The summed E-state index contributed by atoms with van der Waals surface area (Å²) >= 11 is 0. The van der Waals surface area contributed by atoms with E-state index in [-0.39, 0.29) is 25.7 Å². The van der Waals surface area contributed by atoms with Crippen molar-refractivity contribution in [1.82, 2.24) is 0 Å². The second kappa shape index (κ2) is 68.5. The lowest BCUT2D eigenvalue weighted by Crippen LogP contribution is -2.30. The lowest BCUT2D eigenvalue weighted by Gasteiger charge is -2.21. The van der Waals surface area contributed by atoms with Crippen LogP contribution < -0.4 is 0 Å². The molecule has 0 aromatic rings. The third-order valence-electron chi connectivity index (χ3n) is 18.1. The van der Waals surface area contributed by atoms with Crippen molar-refractivity contribution in [1.29, 1.82) is 0 Å². The summed E-state index contributed by atoms with van der Waals surface area (Å²) in [5, 5.41) is 10.6. The van der Waals surface area contributed by atoms with Gasteiger partial charge >= 0.3 is 39.5 Å². The van der Waals surface area contributed by atoms with Crippen LogP contribution in [0.15, 0.2) is 0 Å². The Hall–Kier alpha value is -1.94. The second-order valence-electron chi connectivity index (χ2n) is 29.5. The molecule has 3 N–H and O–H groups in total. The first kappa shape index (κ1) is 95.1. The fourth-order valence-corrected chi connectivity index (χ4v) is 13.5. The second-order valence-corrected chi connectivity index (χ2v) is 32.4. The summed E-state index contributed by atoms with van der Waals surface area (Å²) in [6.45, 7) is 11.9. The number of rotatable bonds is 76. The van der Waals surface area contributed by atoms with Crippen molar-refractivity contribution in [2.45, 2.75) is 420 Å². The number of carbonyl (C=O) groups excluding carboxylic acids is 4. The van der Waals surface area contributed by atoms with Crippen LogP contribution in [0.25, 0.3) is 0 Å². The van der Waals surface area contributed by atoms with Crippen LogP contribution in [-0.2, 0) is 65.4 Å². The summed E-state index contributed by atoms with van der Waals surface area (Å²) in [6.07, 6.45) is 55.3. The molecule has 0 saturated carbocycles. The summed E-state index contributed by atoms with van der Waals surface area (Å²) in [4.78, 5) is 73.0. The molecule has 0 aromatic heterocycles. The highest BCUT2D eigenvalue weighted by atomic mass is 31.2. The molecular weight excluding hydrogens is 1270 g/mol. The molecule has 2 unspecified atom stereocenters. The largest absolute Gasteiger partial charge is 0.472 e. The maximum atomic E-state index is 13.1. The van der Waals surface area contributed by atoms with Gasteiger partial charge in [0.15, 0.2) is 12.2 Å². The maximum Gasteiger partial charge on any atom is 0.472 e. The van der Waals surface area contributed by atoms with E-state index in [1.807, 2.05) is 0 Å². The van der Waals surface area contributed by atoms with Crippen molar-refractivity contribution in [3.05, 3.63) is 0 Å². The van der Waals surface area contributed by atoms with Crippen LogP contribution in [0.5, 0.6) is 0 Å². The van der Waals surface area contributed by atoms with Gasteiger partial charge in [0.25, 0.3) is 0 Å². The molecule has 0 aliphatic carbocycles. The normalized spacial score (nSPS) is 14.0. The number of esters is 4. The highest BCUT2D eigenvalue weighted by molar-refractivity contribution is 7.47. The van der Waals surface area contributed by atoms with Crippen molar-refractivity contribution in [3.8, 4) is 0 Å². The Morgan fingerprint density at radius 3 is 0.701 bits per heavy atom. The van der Waals surface area contributed by atoms with Gasteiger partial charge in [-0.25, -0.2) is 9.13 Å². The number of phosphoric acid groups is 2. The number of ether oxygens (including phenoxy) is 4. The Bertz CT molecular complexity index is 1890. The summed E-state index contributed by atoms with van der Waals surface area (Å²) in [5.74, 6) is 0.204. The van der Waals surface area contributed by atoms with Crippen LogP contribution in [0.1, 0.15) is 402 Å². The summed E-state index contributed by atoms with van der Waals surface area (Å²) in [6, 6.07) is 0. The van der Waals surface area contributed by atoms with Gasteiger partial charge in [-0.3, -0.25) is 37.3 Å². The number of hydrogen-bond acceptors (Lipinski definition) is 15. The van der Waals surface area contributed by atoms with E-state index in [1.165, 1.54) is 212 Å². The Balaban J connectivity index is 5.27. The number of hydrogen-bond donors (Lipinski definition) is 3. The fourth-order valence-electron chi connectivity index (χ4n) is 12.0. The number of phosphoric ester groups is 2. The zero-order chi connectivity index (χ0) is 71.6. The molecule has 0 fully saturated rings. The van der Waals surface area contributed by atoms with E-state index in [0.29, 0.717) is 25.7 Å². The summed E-state index contributed by atoms with van der Waals surface area (Å²) in [7, 11) is -9.92. The predicted octanol–water partition coefficient (Wildman–Crippen LogP) is 23.0. The maximum absolute atomic E-state index is 13.1. The van der Waals surface area contributed by atoms with E-state index >= 15 is 0 Å². The van der Waals surface area contributed by atoms with Gasteiger partial charge in [-0.05, 0) is 43.4 Å². The molecule has 0 radical (unpaired) electrons. The van der Waals surface area contributed by atoms with Crippen LogP contribution >= 0.6 is 15.6 Å². The highest BCUT2D eigenvalue weighted by Crippen LogP contribution is 2.45. The van der Waals surface area contributed by atoms with Crippen molar-refractivity contribution < 1.29 is 80.2 Å². The van der Waals surface area contributed by atoms with Crippen molar-refractivity contribution in [2.24, 2.45) is 17.8 Å². The molecule has 19 heteroatoms. The molecule has 0 bridgehead atoms. The number of unbranched alkanes of at least 4 members (excludes halogenated alkanes) is 44. The Morgan fingerprint density at radius 1 is 0.278 bits per heavy atom. The van der Waals surface area contributed by atoms with Crippen LogP contribution in [0.2, 0.25) is 0 Å². The van der Waals surface area contributed by atoms with Crippen LogP contribution in [0.3, 0.4) is 0 Å². The molecule has 0 aliphatic heterocycles. The zero-order valence-corrected chi connectivity index (χ0v) is 65.3. The smallest absolute Gasteiger partial charge is 0.462 e. The van der Waals surface area contributed by atoms with Gasteiger partial charge in [0.2, 0.25) is 0 Å². The van der Waals surface area contributed by atoms with Crippen molar-refractivity contribution >= 4 is 39.5 Å². The molecule has 0 aliphatic rings. The number of aliphatic hydroxyl groups is 1. The highest BCUT2D eigenvalue weighted by Gasteiger charge is 2.30. The first-order valence-corrected chi connectivity index (χ1v) is 43.3. The summed E-state index contributed by atoms with van der Waals surface area (Å²) in [5.41, 5.74) is 0. The average molecular weight is 1420 g/mol. The molecular formula is C78H152O17P2. The van der Waals surface area contributed by atoms with E-state index in [1.54, 1.807) is 0 Å². The molecule has 0 heterocycles.